The molecule has 0 heterocycles. The third kappa shape index (κ3) is 3.56. The van der Waals surface area contributed by atoms with Gasteiger partial charge in [-0.25, -0.2) is 0 Å². The quantitative estimate of drug-likeness (QED) is 0.836. The number of benzene rings is 1. The monoisotopic (exact) mass is 246 g/mol. The molecule has 1 aromatic rings. The minimum Gasteiger partial charge on any atom is -0.330 e. The molecule has 1 saturated carbocycles. The lowest BCUT2D eigenvalue weighted by Crippen LogP contribution is -2.32. The van der Waals surface area contributed by atoms with Gasteiger partial charge in [0.25, 0.3) is 0 Å². The highest BCUT2D eigenvalue weighted by Crippen LogP contribution is 2.24. The summed E-state index contributed by atoms with van der Waals surface area (Å²) in [5.74, 6) is 0. The molecule has 2 N–H and O–H groups in total. The smallest absolute Gasteiger partial charge is 0.0236 e. The number of nitrogens with zero attached hydrogens (tertiary/aromatic N) is 1. The van der Waals surface area contributed by atoms with Crippen molar-refractivity contribution >= 4 is 0 Å². The van der Waals surface area contributed by atoms with Crippen LogP contribution in [0.25, 0.3) is 0 Å². The summed E-state index contributed by atoms with van der Waals surface area (Å²) >= 11 is 0. The molecule has 0 unspecified atom stereocenters. The van der Waals surface area contributed by atoms with Crippen molar-refractivity contribution in [1.82, 2.24) is 4.90 Å². The molecule has 1 fully saturated rings. The van der Waals surface area contributed by atoms with Crippen LogP contribution in [-0.4, -0.2) is 24.0 Å². The molecule has 0 saturated heterocycles. The first-order valence-electron chi connectivity index (χ1n) is 7.35. The summed E-state index contributed by atoms with van der Waals surface area (Å²) in [7, 11) is 0. The number of hydrogen-bond acceptors (Lipinski definition) is 2. The molecule has 0 aromatic heterocycles. The summed E-state index contributed by atoms with van der Waals surface area (Å²) in [5.41, 5.74) is 8.36. The largest absolute Gasteiger partial charge is 0.330 e. The van der Waals surface area contributed by atoms with Crippen LogP contribution in [0.4, 0.5) is 0 Å². The number of hydrogen-bond donors (Lipinski definition) is 1. The van der Waals surface area contributed by atoms with Gasteiger partial charge in [-0.3, -0.25) is 4.90 Å². The van der Waals surface area contributed by atoms with Crippen LogP contribution in [0.1, 0.15) is 43.7 Å². The Kier molecular flexibility index (Phi) is 5.21. The minimum atomic E-state index is 0.739. The average molecular weight is 246 g/mol. The molecule has 1 aliphatic rings. The van der Waals surface area contributed by atoms with Crippen molar-refractivity contribution in [2.75, 3.05) is 13.1 Å². The second-order valence-corrected chi connectivity index (χ2v) is 5.36. The van der Waals surface area contributed by atoms with E-state index in [1.54, 1.807) is 0 Å². The van der Waals surface area contributed by atoms with Crippen LogP contribution >= 0.6 is 0 Å². The molecule has 0 amide bonds. The number of rotatable bonds is 6. The van der Waals surface area contributed by atoms with Gasteiger partial charge >= 0.3 is 0 Å². The first-order valence-corrected chi connectivity index (χ1v) is 7.35. The molecule has 0 atom stereocenters. The van der Waals surface area contributed by atoms with E-state index in [4.69, 9.17) is 5.73 Å². The Labute approximate surface area is 111 Å². The van der Waals surface area contributed by atoms with Gasteiger partial charge in [-0.1, -0.05) is 44.0 Å². The molecular weight excluding hydrogens is 220 g/mol. The molecule has 2 heteroatoms. The zero-order valence-electron chi connectivity index (χ0n) is 11.6. The van der Waals surface area contributed by atoms with Crippen LogP contribution in [0, 0.1) is 0 Å². The minimum absolute atomic E-state index is 0.739. The Morgan fingerprint density at radius 1 is 1.11 bits per heavy atom. The molecule has 2 rings (SSSR count). The molecule has 18 heavy (non-hydrogen) atoms. The summed E-state index contributed by atoms with van der Waals surface area (Å²) in [6, 6.07) is 9.80. The first kappa shape index (κ1) is 13.6. The molecule has 1 aromatic carbocycles. The Morgan fingerprint density at radius 2 is 1.72 bits per heavy atom. The van der Waals surface area contributed by atoms with Gasteiger partial charge < -0.3 is 5.73 Å². The van der Waals surface area contributed by atoms with Gasteiger partial charge in [-0.05, 0) is 43.5 Å². The van der Waals surface area contributed by atoms with E-state index in [1.807, 2.05) is 0 Å². The Balaban J connectivity index is 1.93. The Morgan fingerprint density at radius 3 is 2.28 bits per heavy atom. The highest BCUT2D eigenvalue weighted by atomic mass is 15.1. The fourth-order valence-electron chi connectivity index (χ4n) is 2.98. The third-order valence-electron chi connectivity index (χ3n) is 4.09. The van der Waals surface area contributed by atoms with Crippen LogP contribution in [-0.2, 0) is 13.0 Å². The van der Waals surface area contributed by atoms with Gasteiger partial charge in [0, 0.05) is 12.6 Å². The summed E-state index contributed by atoms with van der Waals surface area (Å²) in [4.78, 5) is 2.63. The van der Waals surface area contributed by atoms with Crippen molar-refractivity contribution in [3.63, 3.8) is 0 Å². The van der Waals surface area contributed by atoms with Crippen molar-refractivity contribution in [1.29, 1.82) is 0 Å². The van der Waals surface area contributed by atoms with E-state index < -0.39 is 0 Å². The van der Waals surface area contributed by atoms with Crippen LogP contribution in [0.2, 0.25) is 0 Å². The van der Waals surface area contributed by atoms with Crippen LogP contribution in [0.15, 0.2) is 24.3 Å². The van der Waals surface area contributed by atoms with Gasteiger partial charge in [0.15, 0.2) is 0 Å². The highest BCUT2D eigenvalue weighted by molar-refractivity contribution is 5.22. The predicted octanol–water partition coefficient (Wildman–Crippen LogP) is 2.95. The predicted molar refractivity (Wildman–Crippen MR) is 77.5 cm³/mol. The van der Waals surface area contributed by atoms with E-state index in [1.165, 1.54) is 36.8 Å². The maximum atomic E-state index is 5.58. The lowest BCUT2D eigenvalue weighted by atomic mass is 10.1. The molecule has 2 nitrogen and oxygen atoms in total. The van der Waals surface area contributed by atoms with Gasteiger partial charge in [-0.15, -0.1) is 0 Å². The Hall–Kier alpha value is -0.860. The van der Waals surface area contributed by atoms with Gasteiger partial charge in [0.2, 0.25) is 0 Å². The molecule has 0 radical (unpaired) electrons. The van der Waals surface area contributed by atoms with Crippen molar-refractivity contribution in [3.8, 4) is 0 Å². The molecular formula is C16H26N2. The van der Waals surface area contributed by atoms with E-state index in [9.17, 15) is 0 Å². The maximum Gasteiger partial charge on any atom is 0.0236 e. The van der Waals surface area contributed by atoms with Crippen LogP contribution < -0.4 is 5.73 Å². The number of nitrogens with two attached hydrogens (primary N) is 1. The fourth-order valence-corrected chi connectivity index (χ4v) is 2.98. The SMILES string of the molecule is CCN(Cc1ccc(CCN)cc1)C1CCCC1. The lowest BCUT2D eigenvalue weighted by Gasteiger charge is -2.27. The van der Waals surface area contributed by atoms with Gasteiger partial charge in [0.05, 0.1) is 0 Å². The topological polar surface area (TPSA) is 29.3 Å². The normalized spacial score (nSPS) is 16.6. The zero-order valence-corrected chi connectivity index (χ0v) is 11.6. The average Bonchev–Trinajstić information content (AvgIpc) is 2.92. The van der Waals surface area contributed by atoms with E-state index in [0.29, 0.717) is 0 Å². The van der Waals surface area contributed by atoms with Crippen molar-refractivity contribution < 1.29 is 0 Å². The standard InChI is InChI=1S/C16H26N2/c1-2-18(16-5-3-4-6-16)13-15-9-7-14(8-10-15)11-12-17/h7-10,16H,2-6,11-13,17H2,1H3. The Bertz CT molecular complexity index is 339. The molecule has 100 valence electrons. The van der Waals surface area contributed by atoms with Crippen LogP contribution in [0.5, 0.6) is 0 Å². The van der Waals surface area contributed by atoms with Crippen molar-refractivity contribution in [3.05, 3.63) is 35.4 Å². The zero-order chi connectivity index (χ0) is 12.8. The van der Waals surface area contributed by atoms with Crippen LogP contribution in [0.3, 0.4) is 0 Å². The maximum absolute atomic E-state index is 5.58. The molecule has 1 aliphatic carbocycles. The van der Waals surface area contributed by atoms with E-state index in [2.05, 4.69) is 36.1 Å². The van der Waals surface area contributed by atoms with Gasteiger partial charge in [0.1, 0.15) is 0 Å². The van der Waals surface area contributed by atoms with Crippen molar-refractivity contribution in [2.24, 2.45) is 5.73 Å². The van der Waals surface area contributed by atoms with E-state index in [0.717, 1.165) is 32.1 Å². The summed E-state index contributed by atoms with van der Waals surface area (Å²) in [6.45, 7) is 5.28. The van der Waals surface area contributed by atoms with E-state index in [-0.39, 0.29) is 0 Å². The summed E-state index contributed by atoms with van der Waals surface area (Å²) in [5, 5.41) is 0. The van der Waals surface area contributed by atoms with E-state index >= 15 is 0 Å². The fraction of sp³-hybridized carbons (Fsp3) is 0.625. The van der Waals surface area contributed by atoms with Crippen molar-refractivity contribution in [2.45, 2.75) is 51.6 Å². The summed E-state index contributed by atoms with van der Waals surface area (Å²) in [6.07, 6.45) is 6.59. The molecule has 0 spiro atoms. The lowest BCUT2D eigenvalue weighted by molar-refractivity contribution is 0.200. The molecule has 0 bridgehead atoms. The second-order valence-electron chi connectivity index (χ2n) is 5.36. The van der Waals surface area contributed by atoms with Gasteiger partial charge in [-0.2, -0.15) is 0 Å². The second kappa shape index (κ2) is 6.91. The molecule has 0 aliphatic heterocycles. The first-order chi connectivity index (χ1) is 8.83. The highest BCUT2D eigenvalue weighted by Gasteiger charge is 2.21. The summed E-state index contributed by atoms with van der Waals surface area (Å²) < 4.78 is 0. The third-order valence-corrected chi connectivity index (χ3v) is 4.09.